The second kappa shape index (κ2) is 10.6. The molecule has 0 saturated heterocycles. The lowest BCUT2D eigenvalue weighted by Crippen LogP contribution is -2.27. The Bertz CT molecular complexity index is 980. The molecule has 1 heterocycles. The highest BCUT2D eigenvalue weighted by molar-refractivity contribution is 5.94. The number of amides is 2. The molecule has 1 aromatic heterocycles. The molecular weight excluding hydrogens is 392 g/mol. The molecule has 164 valence electrons. The molecule has 0 fully saturated rings. The second-order valence-electron chi connectivity index (χ2n) is 7.63. The van der Waals surface area contributed by atoms with Gasteiger partial charge in [0.1, 0.15) is 5.52 Å². The molecule has 0 aliphatic heterocycles. The molecule has 0 saturated carbocycles. The number of anilines is 2. The molecule has 3 rings (SSSR count). The van der Waals surface area contributed by atoms with Crippen molar-refractivity contribution in [2.75, 3.05) is 32.6 Å². The fraction of sp³-hybridized carbons (Fsp3) is 0.375. The predicted molar refractivity (Wildman–Crippen MR) is 123 cm³/mol. The van der Waals surface area contributed by atoms with E-state index in [0.717, 1.165) is 42.5 Å². The van der Waals surface area contributed by atoms with Gasteiger partial charge in [0.05, 0.1) is 0 Å². The largest absolute Gasteiger partial charge is 0.423 e. The zero-order valence-electron chi connectivity index (χ0n) is 18.4. The van der Waals surface area contributed by atoms with Crippen molar-refractivity contribution in [3.63, 3.8) is 0 Å². The maximum Gasteiger partial charge on any atom is 0.302 e. The topological polar surface area (TPSA) is 78.7 Å². The number of benzene rings is 2. The maximum atomic E-state index is 12.7. The summed E-state index contributed by atoms with van der Waals surface area (Å²) in [6.45, 7) is 0.698. The number of rotatable bonds is 10. The molecule has 2 amide bonds. The summed E-state index contributed by atoms with van der Waals surface area (Å²) in [4.78, 5) is 32.0. The fourth-order valence-corrected chi connectivity index (χ4v) is 3.38. The third kappa shape index (κ3) is 5.84. The Labute approximate surface area is 183 Å². The van der Waals surface area contributed by atoms with Crippen LogP contribution in [0.1, 0.15) is 42.5 Å². The predicted octanol–water partition coefficient (Wildman–Crippen LogP) is 4.36. The lowest BCUT2D eigenvalue weighted by molar-refractivity contribution is -0.120. The van der Waals surface area contributed by atoms with E-state index in [2.05, 4.69) is 10.3 Å². The third-order valence-electron chi connectivity index (χ3n) is 5.34. The van der Waals surface area contributed by atoms with Crippen LogP contribution in [0.5, 0.6) is 0 Å². The number of para-hydroxylation sites is 2. The minimum absolute atomic E-state index is 0.00132. The van der Waals surface area contributed by atoms with Crippen LogP contribution >= 0.6 is 0 Å². The summed E-state index contributed by atoms with van der Waals surface area (Å²) in [5.41, 5.74) is 3.09. The molecular formula is C24H30N4O3. The second-order valence-corrected chi connectivity index (χ2v) is 7.63. The zero-order chi connectivity index (χ0) is 22.2. The van der Waals surface area contributed by atoms with Gasteiger partial charge in [-0.25, -0.2) is 0 Å². The molecule has 7 heteroatoms. The first kappa shape index (κ1) is 22.3. The van der Waals surface area contributed by atoms with E-state index in [-0.39, 0.29) is 11.8 Å². The number of carbonyl (C=O) groups excluding carboxylic acids is 2. The summed E-state index contributed by atoms with van der Waals surface area (Å²) in [6.07, 6.45) is 4.37. The number of oxazole rings is 1. The Morgan fingerprint density at radius 3 is 2.39 bits per heavy atom. The van der Waals surface area contributed by atoms with E-state index >= 15 is 0 Å². The Morgan fingerprint density at radius 1 is 0.968 bits per heavy atom. The van der Waals surface area contributed by atoms with E-state index < -0.39 is 0 Å². The molecule has 0 unspecified atom stereocenters. The van der Waals surface area contributed by atoms with Gasteiger partial charge in [-0.05, 0) is 49.2 Å². The molecule has 2 aromatic carbocycles. The van der Waals surface area contributed by atoms with Crippen LogP contribution in [0.25, 0.3) is 11.1 Å². The van der Waals surface area contributed by atoms with Crippen LogP contribution in [0.3, 0.4) is 0 Å². The maximum absolute atomic E-state index is 12.7. The van der Waals surface area contributed by atoms with E-state index in [1.54, 1.807) is 11.9 Å². The molecule has 1 N–H and O–H groups in total. The molecule has 0 spiro atoms. The van der Waals surface area contributed by atoms with Crippen LogP contribution in [-0.2, 0) is 4.79 Å². The first-order valence-corrected chi connectivity index (χ1v) is 10.6. The van der Waals surface area contributed by atoms with Gasteiger partial charge >= 0.3 is 6.01 Å². The van der Waals surface area contributed by atoms with Crippen molar-refractivity contribution >= 4 is 34.6 Å². The van der Waals surface area contributed by atoms with Crippen molar-refractivity contribution in [2.45, 2.75) is 32.1 Å². The van der Waals surface area contributed by atoms with E-state index in [9.17, 15) is 9.59 Å². The lowest BCUT2D eigenvalue weighted by Gasteiger charge is -2.18. The number of nitrogens with zero attached hydrogens (tertiary/aromatic N) is 3. The van der Waals surface area contributed by atoms with Crippen molar-refractivity contribution in [1.82, 2.24) is 15.2 Å². The minimum atomic E-state index is 0.00132. The number of unbranched alkanes of at least 4 members (excludes halogenated alkanes) is 3. The van der Waals surface area contributed by atoms with Crippen LogP contribution in [-0.4, -0.2) is 49.4 Å². The number of carbonyl (C=O) groups is 2. The highest BCUT2D eigenvalue weighted by atomic mass is 16.4. The lowest BCUT2D eigenvalue weighted by atomic mass is 10.1. The highest BCUT2D eigenvalue weighted by Crippen LogP contribution is 2.27. The highest BCUT2D eigenvalue weighted by Gasteiger charge is 2.15. The van der Waals surface area contributed by atoms with E-state index in [1.807, 2.05) is 67.5 Å². The van der Waals surface area contributed by atoms with Crippen LogP contribution in [0.15, 0.2) is 52.9 Å². The minimum Gasteiger partial charge on any atom is -0.423 e. The quantitative estimate of drug-likeness (QED) is 0.491. The van der Waals surface area contributed by atoms with Gasteiger partial charge in [-0.1, -0.05) is 25.0 Å². The first-order valence-electron chi connectivity index (χ1n) is 10.6. The van der Waals surface area contributed by atoms with Crippen molar-refractivity contribution in [1.29, 1.82) is 0 Å². The fourth-order valence-electron chi connectivity index (χ4n) is 3.38. The molecule has 7 nitrogen and oxygen atoms in total. The zero-order valence-corrected chi connectivity index (χ0v) is 18.4. The summed E-state index contributed by atoms with van der Waals surface area (Å²) in [5.74, 6) is 0.0823. The van der Waals surface area contributed by atoms with Gasteiger partial charge in [-0.2, -0.15) is 4.98 Å². The summed E-state index contributed by atoms with van der Waals surface area (Å²) in [5, 5.41) is 2.63. The molecule has 0 aliphatic carbocycles. The smallest absolute Gasteiger partial charge is 0.302 e. The molecule has 0 atom stereocenters. The van der Waals surface area contributed by atoms with E-state index in [1.165, 1.54) is 0 Å². The Balaban J connectivity index is 1.50. The number of hydrogen-bond acceptors (Lipinski definition) is 5. The SMILES string of the molecule is CNC(=O)CCCCCCN(C)C(=O)c1ccc(N(C)c2nc3ccccc3o2)cc1. The Kier molecular flexibility index (Phi) is 7.65. The van der Waals surface area contributed by atoms with Gasteiger partial charge in [0.15, 0.2) is 5.58 Å². The molecule has 3 aromatic rings. The monoisotopic (exact) mass is 422 g/mol. The van der Waals surface area contributed by atoms with Gasteiger partial charge in [0, 0.05) is 45.4 Å². The average Bonchev–Trinajstić information content (AvgIpc) is 3.24. The standard InChI is InChI=1S/C24H30N4O3/c1-25-22(29)12-6-4-5-9-17-27(2)23(30)18-13-15-19(16-14-18)28(3)24-26-20-10-7-8-11-21(20)31-24/h7-8,10-11,13-16H,4-6,9,12,17H2,1-3H3,(H,25,29). The summed E-state index contributed by atoms with van der Waals surface area (Å²) in [6, 6.07) is 15.6. The van der Waals surface area contributed by atoms with Crippen LogP contribution in [0.4, 0.5) is 11.7 Å². The number of nitrogens with one attached hydrogen (secondary N) is 1. The van der Waals surface area contributed by atoms with Gasteiger partial charge in [-0.15, -0.1) is 0 Å². The number of aromatic nitrogens is 1. The van der Waals surface area contributed by atoms with Crippen molar-refractivity contribution < 1.29 is 14.0 Å². The average molecular weight is 423 g/mol. The summed E-state index contributed by atoms with van der Waals surface area (Å²) < 4.78 is 5.81. The summed E-state index contributed by atoms with van der Waals surface area (Å²) in [7, 11) is 5.37. The molecule has 0 radical (unpaired) electrons. The van der Waals surface area contributed by atoms with Crippen LogP contribution < -0.4 is 10.2 Å². The normalized spacial score (nSPS) is 10.8. The van der Waals surface area contributed by atoms with Crippen molar-refractivity contribution in [3.05, 3.63) is 54.1 Å². The van der Waals surface area contributed by atoms with E-state index in [4.69, 9.17) is 4.42 Å². The van der Waals surface area contributed by atoms with Crippen molar-refractivity contribution in [2.24, 2.45) is 0 Å². The van der Waals surface area contributed by atoms with E-state index in [0.29, 0.717) is 24.5 Å². The molecule has 0 bridgehead atoms. The number of hydrogen-bond donors (Lipinski definition) is 1. The third-order valence-corrected chi connectivity index (χ3v) is 5.34. The van der Waals surface area contributed by atoms with Crippen LogP contribution in [0.2, 0.25) is 0 Å². The van der Waals surface area contributed by atoms with Crippen LogP contribution in [0, 0.1) is 0 Å². The van der Waals surface area contributed by atoms with Gasteiger partial charge in [-0.3, -0.25) is 14.5 Å². The van der Waals surface area contributed by atoms with Gasteiger partial charge in [0.2, 0.25) is 5.91 Å². The Hall–Kier alpha value is -3.35. The number of fused-ring (bicyclic) bond motifs is 1. The first-order chi connectivity index (χ1) is 15.0. The van der Waals surface area contributed by atoms with Gasteiger partial charge < -0.3 is 14.6 Å². The van der Waals surface area contributed by atoms with Gasteiger partial charge in [0.25, 0.3) is 5.91 Å². The molecule has 0 aliphatic rings. The molecule has 31 heavy (non-hydrogen) atoms. The summed E-state index contributed by atoms with van der Waals surface area (Å²) >= 11 is 0. The Morgan fingerprint density at radius 2 is 1.68 bits per heavy atom. The van der Waals surface area contributed by atoms with Crippen molar-refractivity contribution in [3.8, 4) is 0 Å².